The van der Waals surface area contributed by atoms with Crippen LogP contribution in [0, 0.1) is 0 Å². The third-order valence-electron chi connectivity index (χ3n) is 2.41. The van der Waals surface area contributed by atoms with Crippen LogP contribution in [0.15, 0.2) is 12.4 Å². The van der Waals surface area contributed by atoms with E-state index in [2.05, 4.69) is 15.5 Å². The van der Waals surface area contributed by atoms with Gasteiger partial charge in [0.05, 0.1) is 11.8 Å². The number of aromatic amines is 1. The third-order valence-corrected chi connectivity index (χ3v) is 2.41. The molecule has 78 valence electrons. The molecular weight excluding hydrogens is 180 g/mol. The first kappa shape index (κ1) is 10.7. The molecule has 1 heterocycles. The molecule has 5 heteroatoms. The Morgan fingerprint density at radius 1 is 1.79 bits per heavy atom. The average molecular weight is 196 g/mol. The zero-order valence-corrected chi connectivity index (χ0v) is 8.50. The van der Waals surface area contributed by atoms with Gasteiger partial charge in [-0.3, -0.25) is 9.89 Å². The van der Waals surface area contributed by atoms with E-state index in [1.165, 1.54) is 6.20 Å². The minimum absolute atomic E-state index is 0.145. The molecule has 1 aromatic rings. The molecule has 4 N–H and O–H groups in total. The van der Waals surface area contributed by atoms with Gasteiger partial charge in [0.1, 0.15) is 0 Å². The molecule has 1 rings (SSSR count). The summed E-state index contributed by atoms with van der Waals surface area (Å²) < 4.78 is 0. The van der Waals surface area contributed by atoms with E-state index in [1.54, 1.807) is 6.20 Å². The Morgan fingerprint density at radius 3 is 2.93 bits per heavy atom. The van der Waals surface area contributed by atoms with E-state index in [4.69, 9.17) is 5.73 Å². The van der Waals surface area contributed by atoms with Crippen molar-refractivity contribution >= 4 is 5.91 Å². The highest BCUT2D eigenvalue weighted by molar-refractivity contribution is 5.94. The van der Waals surface area contributed by atoms with Crippen LogP contribution < -0.4 is 11.1 Å². The van der Waals surface area contributed by atoms with Crippen LogP contribution in [0.1, 0.15) is 30.6 Å². The van der Waals surface area contributed by atoms with E-state index in [9.17, 15) is 4.79 Å². The number of aromatic nitrogens is 2. The third kappa shape index (κ3) is 2.32. The largest absolute Gasteiger partial charge is 0.346 e. The number of carbonyl (C=O) groups excluding carboxylic acids is 1. The van der Waals surface area contributed by atoms with Gasteiger partial charge in [0.25, 0.3) is 5.91 Å². The molecule has 1 aromatic heterocycles. The molecule has 0 aliphatic carbocycles. The molecule has 1 unspecified atom stereocenters. The molecule has 0 saturated heterocycles. The second-order valence-electron chi connectivity index (χ2n) is 3.56. The molecule has 0 aliphatic heterocycles. The van der Waals surface area contributed by atoms with E-state index in [-0.39, 0.29) is 11.4 Å². The van der Waals surface area contributed by atoms with Crippen molar-refractivity contribution in [3.63, 3.8) is 0 Å². The summed E-state index contributed by atoms with van der Waals surface area (Å²) in [7, 11) is 0. The molecule has 0 saturated carbocycles. The van der Waals surface area contributed by atoms with Gasteiger partial charge < -0.3 is 11.1 Å². The van der Waals surface area contributed by atoms with Crippen LogP contribution in [-0.4, -0.2) is 28.2 Å². The number of rotatable bonds is 4. The molecule has 1 amide bonds. The maximum atomic E-state index is 11.6. The molecule has 5 nitrogen and oxygen atoms in total. The normalized spacial score (nSPS) is 14.8. The number of nitrogens with one attached hydrogen (secondary N) is 2. The molecule has 0 radical (unpaired) electrons. The van der Waals surface area contributed by atoms with Gasteiger partial charge >= 0.3 is 0 Å². The fraction of sp³-hybridized carbons (Fsp3) is 0.556. The Labute approximate surface area is 83.1 Å². The molecule has 0 spiro atoms. The number of nitrogens with two attached hydrogens (primary N) is 1. The molecule has 1 atom stereocenters. The van der Waals surface area contributed by atoms with E-state index in [0.717, 1.165) is 6.42 Å². The molecule has 0 aliphatic rings. The Hall–Kier alpha value is -1.36. The molecule has 0 aromatic carbocycles. The van der Waals surface area contributed by atoms with Crippen molar-refractivity contribution < 1.29 is 4.79 Å². The minimum atomic E-state index is -0.339. The molecule has 0 fully saturated rings. The summed E-state index contributed by atoms with van der Waals surface area (Å²) in [6.45, 7) is 4.33. The lowest BCUT2D eigenvalue weighted by Gasteiger charge is -2.27. The lowest BCUT2D eigenvalue weighted by molar-refractivity contribution is 0.0906. The van der Waals surface area contributed by atoms with Crippen molar-refractivity contribution in [2.24, 2.45) is 5.73 Å². The summed E-state index contributed by atoms with van der Waals surface area (Å²) in [6, 6.07) is 0. The van der Waals surface area contributed by atoms with Gasteiger partial charge in [0.15, 0.2) is 0 Å². The van der Waals surface area contributed by atoms with E-state index in [1.807, 2.05) is 13.8 Å². The zero-order valence-electron chi connectivity index (χ0n) is 8.50. The Bertz CT molecular complexity index is 290. The maximum Gasteiger partial charge on any atom is 0.254 e. The summed E-state index contributed by atoms with van der Waals surface area (Å²) >= 11 is 0. The smallest absolute Gasteiger partial charge is 0.254 e. The van der Waals surface area contributed by atoms with Gasteiger partial charge in [-0.05, 0) is 13.3 Å². The number of H-pyrrole nitrogens is 1. The number of hydrogen-bond acceptors (Lipinski definition) is 3. The molecular formula is C9H16N4O. The van der Waals surface area contributed by atoms with Crippen LogP contribution in [0.4, 0.5) is 0 Å². The van der Waals surface area contributed by atoms with Gasteiger partial charge in [0.2, 0.25) is 0 Å². The second kappa shape index (κ2) is 4.23. The molecule has 0 bridgehead atoms. The highest BCUT2D eigenvalue weighted by Crippen LogP contribution is 2.08. The van der Waals surface area contributed by atoms with Gasteiger partial charge in [-0.25, -0.2) is 0 Å². The quantitative estimate of drug-likeness (QED) is 0.646. The van der Waals surface area contributed by atoms with Crippen molar-refractivity contribution in [2.75, 3.05) is 6.54 Å². The van der Waals surface area contributed by atoms with Gasteiger partial charge in [-0.15, -0.1) is 0 Å². The van der Waals surface area contributed by atoms with Crippen LogP contribution >= 0.6 is 0 Å². The minimum Gasteiger partial charge on any atom is -0.346 e. The standard InChI is InChI=1S/C9H16N4O/c1-3-9(2,6-10)13-8(14)7-4-11-12-5-7/h4-5H,3,6,10H2,1-2H3,(H,11,12)(H,13,14). The summed E-state index contributed by atoms with van der Waals surface area (Å²) in [6.07, 6.45) is 3.84. The summed E-state index contributed by atoms with van der Waals surface area (Å²) in [4.78, 5) is 11.6. The van der Waals surface area contributed by atoms with Crippen molar-refractivity contribution in [3.8, 4) is 0 Å². The number of amides is 1. The topological polar surface area (TPSA) is 83.8 Å². The monoisotopic (exact) mass is 196 g/mol. The van der Waals surface area contributed by atoms with E-state index >= 15 is 0 Å². The van der Waals surface area contributed by atoms with E-state index in [0.29, 0.717) is 12.1 Å². The predicted molar refractivity (Wildman–Crippen MR) is 53.8 cm³/mol. The lowest BCUT2D eigenvalue weighted by Crippen LogP contribution is -2.50. The number of nitrogens with zero attached hydrogens (tertiary/aromatic N) is 1. The maximum absolute atomic E-state index is 11.6. The Morgan fingerprint density at radius 2 is 2.50 bits per heavy atom. The van der Waals surface area contributed by atoms with Crippen molar-refractivity contribution in [1.29, 1.82) is 0 Å². The first-order valence-electron chi connectivity index (χ1n) is 4.62. The Balaban J connectivity index is 2.65. The summed E-state index contributed by atoms with van der Waals surface area (Å²) in [5.41, 5.74) is 5.77. The molecule has 14 heavy (non-hydrogen) atoms. The predicted octanol–water partition coefficient (Wildman–Crippen LogP) is 0.267. The van der Waals surface area contributed by atoms with Crippen LogP contribution in [0.5, 0.6) is 0 Å². The van der Waals surface area contributed by atoms with Crippen molar-refractivity contribution in [3.05, 3.63) is 18.0 Å². The number of carbonyl (C=O) groups is 1. The highest BCUT2D eigenvalue weighted by Gasteiger charge is 2.23. The summed E-state index contributed by atoms with van der Waals surface area (Å²) in [5, 5.41) is 9.17. The fourth-order valence-corrected chi connectivity index (χ4v) is 1.01. The highest BCUT2D eigenvalue weighted by atomic mass is 16.1. The number of hydrogen-bond donors (Lipinski definition) is 3. The summed E-state index contributed by atoms with van der Waals surface area (Å²) in [5.74, 6) is -0.145. The van der Waals surface area contributed by atoms with Gasteiger partial charge in [-0.2, -0.15) is 5.10 Å². The fourth-order valence-electron chi connectivity index (χ4n) is 1.01. The average Bonchev–Trinajstić information content (AvgIpc) is 2.70. The first-order chi connectivity index (χ1) is 6.61. The van der Waals surface area contributed by atoms with Gasteiger partial charge in [0, 0.05) is 18.3 Å². The van der Waals surface area contributed by atoms with Crippen LogP contribution in [0.2, 0.25) is 0 Å². The van der Waals surface area contributed by atoms with Crippen LogP contribution in [0.3, 0.4) is 0 Å². The van der Waals surface area contributed by atoms with Crippen LogP contribution in [-0.2, 0) is 0 Å². The first-order valence-corrected chi connectivity index (χ1v) is 4.62. The Kier molecular flexibility index (Phi) is 3.24. The van der Waals surface area contributed by atoms with Crippen LogP contribution in [0.25, 0.3) is 0 Å². The van der Waals surface area contributed by atoms with Crippen molar-refractivity contribution in [1.82, 2.24) is 15.5 Å². The lowest BCUT2D eigenvalue weighted by atomic mass is 9.99. The zero-order chi connectivity index (χ0) is 10.6. The van der Waals surface area contributed by atoms with Crippen molar-refractivity contribution in [2.45, 2.75) is 25.8 Å². The second-order valence-corrected chi connectivity index (χ2v) is 3.56. The SMILES string of the molecule is CCC(C)(CN)NC(=O)c1cn[nH]c1. The van der Waals surface area contributed by atoms with E-state index < -0.39 is 0 Å². The van der Waals surface area contributed by atoms with Gasteiger partial charge in [-0.1, -0.05) is 6.92 Å².